The minimum absolute atomic E-state index is 0.0931. The van der Waals surface area contributed by atoms with Crippen LogP contribution in [0.5, 0.6) is 0 Å². The van der Waals surface area contributed by atoms with Crippen molar-refractivity contribution in [1.29, 1.82) is 0 Å². The number of rotatable bonds is 5. The number of hydrogen-bond donors (Lipinski definition) is 1. The number of halogens is 1. The van der Waals surface area contributed by atoms with Gasteiger partial charge in [-0.1, -0.05) is 40.8 Å². The van der Waals surface area contributed by atoms with Crippen molar-refractivity contribution in [2.75, 3.05) is 11.1 Å². The van der Waals surface area contributed by atoms with E-state index in [1.165, 1.54) is 40.8 Å². The van der Waals surface area contributed by atoms with Crippen molar-refractivity contribution in [1.82, 2.24) is 9.78 Å². The molecule has 3 rings (SSSR count). The van der Waals surface area contributed by atoms with Gasteiger partial charge in [-0.3, -0.25) is 4.79 Å². The molecule has 0 aliphatic heterocycles. The second kappa shape index (κ2) is 8.33. The average Bonchev–Trinajstić information content (AvgIpc) is 2.98. The second-order valence-electron chi connectivity index (χ2n) is 6.13. The van der Waals surface area contributed by atoms with Crippen molar-refractivity contribution < 1.29 is 9.18 Å². The molecule has 4 nitrogen and oxygen atoms in total. The van der Waals surface area contributed by atoms with E-state index in [0.29, 0.717) is 14.0 Å². The first-order chi connectivity index (χ1) is 12.8. The van der Waals surface area contributed by atoms with E-state index in [0.717, 1.165) is 16.8 Å². The molecule has 0 radical (unpaired) electrons. The molecule has 0 saturated heterocycles. The normalized spacial score (nSPS) is 10.8. The van der Waals surface area contributed by atoms with E-state index in [4.69, 9.17) is 12.2 Å². The van der Waals surface area contributed by atoms with Gasteiger partial charge in [0.15, 0.2) is 8.29 Å². The van der Waals surface area contributed by atoms with Crippen LogP contribution in [0.15, 0.2) is 40.7 Å². The lowest BCUT2D eigenvalue weighted by atomic mass is 10.1. The lowest BCUT2D eigenvalue weighted by molar-refractivity contribution is -0.113. The maximum Gasteiger partial charge on any atom is 0.234 e. The zero-order valence-electron chi connectivity index (χ0n) is 15.1. The Morgan fingerprint density at radius 1 is 1.22 bits per heavy atom. The van der Waals surface area contributed by atoms with Crippen LogP contribution in [0.3, 0.4) is 0 Å². The molecule has 140 valence electrons. The highest BCUT2D eigenvalue weighted by Gasteiger charge is 2.12. The fraction of sp³-hybridized carbons (Fsp3) is 0.211. The summed E-state index contributed by atoms with van der Waals surface area (Å²) in [6, 6.07) is 10.1. The maximum atomic E-state index is 13.1. The summed E-state index contributed by atoms with van der Waals surface area (Å²) in [6.07, 6.45) is 0. The summed E-state index contributed by atoms with van der Waals surface area (Å²) in [4.78, 5) is 12.3. The van der Waals surface area contributed by atoms with Gasteiger partial charge in [0.25, 0.3) is 0 Å². The highest BCUT2D eigenvalue weighted by atomic mass is 32.2. The predicted octanol–water partition coefficient (Wildman–Crippen LogP) is 5.46. The van der Waals surface area contributed by atoms with E-state index in [2.05, 4.69) is 10.4 Å². The van der Waals surface area contributed by atoms with Gasteiger partial charge in [0.05, 0.1) is 11.4 Å². The van der Waals surface area contributed by atoms with Crippen molar-refractivity contribution in [3.05, 3.63) is 62.9 Å². The Morgan fingerprint density at radius 2 is 1.85 bits per heavy atom. The van der Waals surface area contributed by atoms with E-state index in [1.54, 1.807) is 16.8 Å². The highest BCUT2D eigenvalue weighted by molar-refractivity contribution is 8.01. The first-order valence-electron chi connectivity index (χ1n) is 8.20. The number of thioether (sulfide) groups is 1. The van der Waals surface area contributed by atoms with Crippen LogP contribution in [-0.2, 0) is 4.79 Å². The quantitative estimate of drug-likeness (QED) is 0.441. The third-order valence-corrected chi connectivity index (χ3v) is 6.23. The Bertz CT molecular complexity index is 1020. The molecule has 0 fully saturated rings. The average molecular weight is 420 g/mol. The molecule has 0 saturated carbocycles. The smallest absolute Gasteiger partial charge is 0.234 e. The molecule has 0 aliphatic carbocycles. The Morgan fingerprint density at radius 3 is 2.48 bits per heavy atom. The van der Waals surface area contributed by atoms with Crippen molar-refractivity contribution in [3.8, 4) is 5.69 Å². The van der Waals surface area contributed by atoms with Crippen LogP contribution in [-0.4, -0.2) is 21.4 Å². The molecular formula is C19H18FN3OS3. The van der Waals surface area contributed by atoms with Crippen molar-refractivity contribution in [2.45, 2.75) is 25.1 Å². The molecule has 0 unspecified atom stereocenters. The highest BCUT2D eigenvalue weighted by Crippen LogP contribution is 2.26. The van der Waals surface area contributed by atoms with Gasteiger partial charge in [-0.25, -0.2) is 9.07 Å². The van der Waals surface area contributed by atoms with Gasteiger partial charge in [-0.2, -0.15) is 0 Å². The lowest BCUT2D eigenvalue weighted by Crippen LogP contribution is -2.16. The standard InChI is InChI=1S/C19H18FN3OS3/c1-11-8-12(2)17(13(3)9-11)21-16(24)10-26-18-22-23(19(25)27-18)15-6-4-14(20)5-7-15/h4-9H,10H2,1-3H3,(H,21,24). The van der Waals surface area contributed by atoms with Crippen molar-refractivity contribution in [3.63, 3.8) is 0 Å². The van der Waals surface area contributed by atoms with Crippen LogP contribution in [0.1, 0.15) is 16.7 Å². The number of aryl methyl sites for hydroxylation is 3. The molecule has 27 heavy (non-hydrogen) atoms. The van der Waals surface area contributed by atoms with E-state index < -0.39 is 0 Å². The number of amides is 1. The summed E-state index contributed by atoms with van der Waals surface area (Å²) in [5.41, 5.74) is 4.81. The topological polar surface area (TPSA) is 46.9 Å². The molecule has 0 aliphatic rings. The number of anilines is 1. The molecule has 8 heteroatoms. The Kier molecular flexibility index (Phi) is 6.08. The van der Waals surface area contributed by atoms with Gasteiger partial charge in [-0.15, -0.1) is 5.10 Å². The summed E-state index contributed by atoms with van der Waals surface area (Å²) >= 11 is 7.99. The SMILES string of the molecule is Cc1cc(C)c(NC(=O)CSc2nn(-c3ccc(F)cc3)c(=S)s2)c(C)c1. The third kappa shape index (κ3) is 4.82. The number of nitrogens with zero attached hydrogens (tertiary/aromatic N) is 2. The van der Waals surface area contributed by atoms with Gasteiger partial charge >= 0.3 is 0 Å². The molecule has 0 atom stereocenters. The fourth-order valence-corrected chi connectivity index (χ4v) is 4.91. The van der Waals surface area contributed by atoms with Gasteiger partial charge < -0.3 is 5.32 Å². The molecular weight excluding hydrogens is 401 g/mol. The maximum absolute atomic E-state index is 13.1. The zero-order chi connectivity index (χ0) is 19.6. The predicted molar refractivity (Wildman–Crippen MR) is 112 cm³/mol. The minimum atomic E-state index is -0.312. The van der Waals surface area contributed by atoms with Crippen LogP contribution in [0.4, 0.5) is 10.1 Å². The molecule has 3 aromatic rings. The van der Waals surface area contributed by atoms with Crippen LogP contribution in [0.2, 0.25) is 0 Å². The van der Waals surface area contributed by atoms with E-state index in [1.807, 2.05) is 32.9 Å². The Hall–Kier alpha value is -2.03. The molecule has 1 N–H and O–H groups in total. The van der Waals surface area contributed by atoms with Crippen LogP contribution < -0.4 is 5.32 Å². The van der Waals surface area contributed by atoms with Gasteiger partial charge in [0.2, 0.25) is 5.91 Å². The summed E-state index contributed by atoms with van der Waals surface area (Å²) in [6.45, 7) is 6.00. The Labute approximate surface area is 170 Å². The molecule has 1 aromatic heterocycles. The number of aromatic nitrogens is 2. The molecule has 0 bridgehead atoms. The number of carbonyl (C=O) groups is 1. The summed E-state index contributed by atoms with van der Waals surface area (Å²) < 4.78 is 15.9. The lowest BCUT2D eigenvalue weighted by Gasteiger charge is -2.12. The summed E-state index contributed by atoms with van der Waals surface area (Å²) in [5, 5.41) is 7.40. The van der Waals surface area contributed by atoms with Crippen LogP contribution in [0, 0.1) is 30.5 Å². The van der Waals surface area contributed by atoms with Gasteiger partial charge in [-0.05, 0) is 68.4 Å². The van der Waals surface area contributed by atoms with Crippen molar-refractivity contribution in [2.24, 2.45) is 0 Å². The van der Waals surface area contributed by atoms with Crippen LogP contribution in [0.25, 0.3) is 5.69 Å². The van der Waals surface area contributed by atoms with Crippen LogP contribution >= 0.6 is 35.3 Å². The van der Waals surface area contributed by atoms with Crippen molar-refractivity contribution >= 4 is 46.9 Å². The summed E-state index contributed by atoms with van der Waals surface area (Å²) in [5.74, 6) is -0.170. The molecule has 1 amide bonds. The number of hydrogen-bond acceptors (Lipinski definition) is 5. The largest absolute Gasteiger partial charge is 0.325 e. The number of carbonyl (C=O) groups excluding carboxylic acids is 1. The zero-order valence-corrected chi connectivity index (χ0v) is 17.5. The Balaban J connectivity index is 1.67. The first-order valence-corrected chi connectivity index (χ1v) is 10.4. The molecule has 1 heterocycles. The monoisotopic (exact) mass is 419 g/mol. The molecule has 2 aromatic carbocycles. The van der Waals surface area contributed by atoms with Gasteiger partial charge in [0.1, 0.15) is 5.82 Å². The van der Waals surface area contributed by atoms with Gasteiger partial charge in [0, 0.05) is 5.69 Å². The number of benzene rings is 2. The third-order valence-electron chi connectivity index (χ3n) is 3.87. The van der Waals surface area contributed by atoms with E-state index in [9.17, 15) is 9.18 Å². The first kappa shape index (κ1) is 19.7. The van der Waals surface area contributed by atoms with E-state index in [-0.39, 0.29) is 17.5 Å². The second-order valence-corrected chi connectivity index (χ2v) is 8.98. The number of nitrogens with one attached hydrogen (secondary N) is 1. The van der Waals surface area contributed by atoms with E-state index >= 15 is 0 Å². The fourth-order valence-electron chi connectivity index (χ4n) is 2.74. The molecule has 0 spiro atoms. The minimum Gasteiger partial charge on any atom is -0.325 e. The summed E-state index contributed by atoms with van der Waals surface area (Å²) in [7, 11) is 0.